The number of carbonyl (C=O) groups is 9. The number of hydrogen-bond acceptors (Lipinski definition) is 28. The monoisotopic (exact) mass is 1730 g/mol. The minimum absolute atomic E-state index is 0.0547. The molecule has 4 aliphatic carbocycles. The third kappa shape index (κ3) is 20.1. The second kappa shape index (κ2) is 38.3. The van der Waals surface area contributed by atoms with Crippen LogP contribution in [0, 0.1) is 36.5 Å². The number of unbranched alkanes of at least 4 members (excludes halogenated alkanes) is 1. The molecule has 37 heteroatoms. The smallest absolute Gasteiger partial charge is 0.255 e. The quantitative estimate of drug-likeness (QED) is 0.0443. The lowest BCUT2D eigenvalue weighted by Gasteiger charge is -2.54. The molecule has 36 nitrogen and oxygen atoms in total. The number of likely N-dealkylation sites (N-methyl/N-ethyl adjacent to an activating group) is 1. The molecule has 0 spiro atoms. The molecule has 5 aromatic rings. The summed E-state index contributed by atoms with van der Waals surface area (Å²) in [4.78, 5) is 139. The van der Waals surface area contributed by atoms with Crippen molar-refractivity contribution < 1.29 is 122 Å². The van der Waals surface area contributed by atoms with Crippen LogP contribution in [0.15, 0.2) is 78.9 Å². The molecule has 0 aromatic heterocycles. The number of benzene rings is 5. The molecular weight excluding hydrogens is 1620 g/mol. The Kier molecular flexibility index (Phi) is 28.3. The molecule has 666 valence electrons. The molecule has 6 fully saturated rings. The normalized spacial score (nSPS) is 31.0. The average Bonchev–Trinajstić information content (AvgIpc) is 0.739. The maximum atomic E-state index is 16.6. The van der Waals surface area contributed by atoms with Crippen LogP contribution in [0.25, 0.3) is 11.1 Å². The molecule has 9 amide bonds. The number of hydrogen-bond donors (Lipinski definition) is 20. The molecule has 19 atom stereocenters. The van der Waals surface area contributed by atoms with Crippen molar-refractivity contribution in [3.8, 4) is 57.1 Å². The van der Waals surface area contributed by atoms with Crippen LogP contribution < -0.4 is 73.1 Å². The number of fused-ring (bicyclic) bond motifs is 15. The summed E-state index contributed by atoms with van der Waals surface area (Å²) in [6, 6.07) is 0.765. The lowest BCUT2D eigenvalue weighted by molar-refractivity contribution is -0.333. The van der Waals surface area contributed by atoms with Gasteiger partial charge in [0.05, 0.1) is 36.3 Å². The Labute approximate surface area is 714 Å². The van der Waals surface area contributed by atoms with Crippen molar-refractivity contribution in [2.75, 3.05) is 33.4 Å². The van der Waals surface area contributed by atoms with Gasteiger partial charge in [-0.3, -0.25) is 48.5 Å². The van der Waals surface area contributed by atoms with Gasteiger partial charge in [-0.05, 0) is 217 Å². The molecule has 123 heavy (non-hydrogen) atoms. The number of phenols is 3. The van der Waals surface area contributed by atoms with Crippen molar-refractivity contribution in [3.05, 3.63) is 117 Å². The van der Waals surface area contributed by atoms with Crippen LogP contribution in [0.3, 0.4) is 0 Å². The number of aliphatic hydroxyl groups is 6. The lowest BCUT2D eigenvalue weighted by Crippen LogP contribution is -2.64. The molecule has 7 heterocycles. The maximum absolute atomic E-state index is 16.6. The van der Waals surface area contributed by atoms with E-state index < -0.39 is 227 Å². The van der Waals surface area contributed by atoms with E-state index in [1.54, 1.807) is 0 Å². The topological polar surface area (TPSA) is 547 Å². The number of halogens is 1. The average molecular weight is 1730 g/mol. The van der Waals surface area contributed by atoms with Crippen LogP contribution in [-0.2, 0) is 62.1 Å². The van der Waals surface area contributed by atoms with E-state index in [1.165, 1.54) is 65.1 Å². The first kappa shape index (κ1) is 90.8. The van der Waals surface area contributed by atoms with E-state index in [0.717, 1.165) is 87.2 Å². The predicted molar refractivity (Wildman–Crippen MR) is 438 cm³/mol. The lowest BCUT2D eigenvalue weighted by atomic mass is 9.54. The van der Waals surface area contributed by atoms with Crippen molar-refractivity contribution in [2.24, 2.45) is 35.3 Å². The van der Waals surface area contributed by atoms with Gasteiger partial charge >= 0.3 is 0 Å². The van der Waals surface area contributed by atoms with E-state index >= 15 is 28.8 Å². The van der Waals surface area contributed by atoms with Gasteiger partial charge in [-0.1, -0.05) is 50.6 Å². The van der Waals surface area contributed by atoms with E-state index in [4.69, 9.17) is 50.5 Å². The zero-order valence-electron chi connectivity index (χ0n) is 69.3. The van der Waals surface area contributed by atoms with E-state index in [2.05, 4.69) is 53.2 Å². The fourth-order valence-corrected chi connectivity index (χ4v) is 18.5. The van der Waals surface area contributed by atoms with E-state index in [-0.39, 0.29) is 93.7 Å². The minimum Gasteiger partial charge on any atom is -0.508 e. The zero-order valence-corrected chi connectivity index (χ0v) is 70.0. The molecule has 1 unspecified atom stereocenters. The molecule has 11 aliphatic rings. The summed E-state index contributed by atoms with van der Waals surface area (Å²) in [7, 11) is 1.50. The fraction of sp³-hybridized carbons (Fsp3) is 0.547. The van der Waals surface area contributed by atoms with Gasteiger partial charge in [0.25, 0.3) is 5.91 Å². The molecular formula is C86H110ClN11O25. The summed E-state index contributed by atoms with van der Waals surface area (Å²) in [6.07, 6.45) is -14.2. The first-order chi connectivity index (χ1) is 58.5. The molecule has 16 rings (SSSR count). The Morgan fingerprint density at radius 3 is 1.99 bits per heavy atom. The summed E-state index contributed by atoms with van der Waals surface area (Å²) >= 11 is 7.30. The van der Waals surface area contributed by atoms with Crippen molar-refractivity contribution >= 4 is 64.8 Å². The Bertz CT molecular complexity index is 4780. The summed E-state index contributed by atoms with van der Waals surface area (Å²) in [6.45, 7) is 12.0. The van der Waals surface area contributed by atoms with Crippen LogP contribution >= 0.6 is 11.6 Å². The highest BCUT2D eigenvalue weighted by molar-refractivity contribution is 6.32. The van der Waals surface area contributed by atoms with Gasteiger partial charge in [0.15, 0.2) is 23.9 Å². The second-order valence-corrected chi connectivity index (χ2v) is 34.6. The third-order valence-electron chi connectivity index (χ3n) is 24.5. The number of amides is 9. The van der Waals surface area contributed by atoms with Crippen LogP contribution in [0.1, 0.15) is 169 Å². The fourth-order valence-electron chi connectivity index (χ4n) is 18.2. The van der Waals surface area contributed by atoms with Gasteiger partial charge in [0.2, 0.25) is 59.3 Å². The number of imide groups is 1. The molecule has 2 saturated heterocycles. The molecule has 15 bridgehead atoms. The van der Waals surface area contributed by atoms with E-state index in [1.807, 2.05) is 20.8 Å². The maximum Gasteiger partial charge on any atom is 0.255 e. The summed E-state index contributed by atoms with van der Waals surface area (Å²) < 4.78 is 45.1. The Balaban J connectivity index is 1.01. The first-order valence-corrected chi connectivity index (χ1v) is 42.1. The molecule has 21 N–H and O–H groups in total. The number of nitrogens with two attached hydrogens (primary N) is 1. The highest BCUT2D eigenvalue weighted by Crippen LogP contribution is 2.55. The Hall–Kier alpha value is -9.90. The van der Waals surface area contributed by atoms with Crippen LogP contribution in [0.4, 0.5) is 0 Å². The highest BCUT2D eigenvalue weighted by Gasteiger charge is 2.53. The molecule has 4 saturated carbocycles. The third-order valence-corrected chi connectivity index (χ3v) is 24.8. The second-order valence-electron chi connectivity index (χ2n) is 34.2. The number of ether oxygens (including phenoxy) is 7. The number of carbonyl (C=O) groups excluding carboxylic acids is 9. The number of phenolic OH excluding ortho intramolecular Hbond substituents is 3. The highest BCUT2D eigenvalue weighted by atomic mass is 35.5. The van der Waals surface area contributed by atoms with Gasteiger partial charge in [0, 0.05) is 41.8 Å². The molecule has 0 radical (unpaired) electrons. The summed E-state index contributed by atoms with van der Waals surface area (Å²) in [5.41, 5.74) is 3.34. The Morgan fingerprint density at radius 1 is 0.691 bits per heavy atom. The van der Waals surface area contributed by atoms with Crippen LogP contribution in [-0.4, -0.2) is 224 Å². The number of aliphatic hydroxyl groups excluding tert-OH is 6. The number of rotatable bonds is 22. The van der Waals surface area contributed by atoms with Gasteiger partial charge in [-0.2, -0.15) is 0 Å². The van der Waals surface area contributed by atoms with Crippen LogP contribution in [0.2, 0.25) is 5.02 Å². The van der Waals surface area contributed by atoms with Crippen molar-refractivity contribution in [2.45, 2.75) is 234 Å². The molecule has 7 aliphatic heterocycles. The van der Waals surface area contributed by atoms with Gasteiger partial charge < -0.3 is 133 Å². The SMILES string of the molecule is CCNCCCCOC(C)C(=O)NC(=O)C[C@@H]1NC(=O)[C@H](NC(=O)[C@@H](CC(C)C)NC)[C@H](O)c2ccc(c(C)c2)Oc2cc3cc(c2O[C@@H]2O[C@H](CO)[C@@H](O)[C@H](O)[C@H]2O[C@H]2C[C@](C)(N)[C@H](O)[C@H](C)O2)Oc2ccc(cc2Cl)[C@@H](O)[C@@H]2NC(=O)[C@H](NC(=O)[C@@H]3NC1=O)c1ccc(O)c(c1)-c1c(O)cc(O)cc1[C@@H](C(=O)NC1C3CC4CC(C3)CC1C4)NC2=O. The van der Waals surface area contributed by atoms with Crippen molar-refractivity contribution in [1.29, 1.82) is 0 Å². The molecule has 5 aromatic carbocycles. The van der Waals surface area contributed by atoms with Gasteiger partial charge in [-0.15, -0.1) is 0 Å². The van der Waals surface area contributed by atoms with Gasteiger partial charge in [-0.25, -0.2) is 0 Å². The van der Waals surface area contributed by atoms with Crippen molar-refractivity contribution in [1.82, 2.24) is 53.2 Å². The zero-order chi connectivity index (χ0) is 88.5. The minimum atomic E-state index is -2.38. The number of nitrogens with one attached hydrogen (secondary N) is 10. The van der Waals surface area contributed by atoms with E-state index in [9.17, 15) is 60.3 Å². The van der Waals surface area contributed by atoms with Crippen molar-refractivity contribution in [3.63, 3.8) is 0 Å². The van der Waals surface area contributed by atoms with Crippen LogP contribution in [0.5, 0.6) is 46.0 Å². The first-order valence-electron chi connectivity index (χ1n) is 41.7. The van der Waals surface area contributed by atoms with Gasteiger partial charge in [0.1, 0.15) is 102 Å². The Morgan fingerprint density at radius 2 is 1.34 bits per heavy atom. The largest absolute Gasteiger partial charge is 0.508 e. The number of aryl methyl sites for hydroxylation is 1. The standard InChI is InChI=1S/C86H110ClN11O25/c1-9-90-18-10-11-19-117-39(6)77(109)92-61(103)33-53-79(111)94-66-47-29-58(119-56-16-13-43(21-37(56)4)70(104)68(83(115)91-53)97-78(110)52(89-8)20-36(2)3)74(123-85-75(73(107)72(106)60(35-99)121-85)122-62-34-86(7,88)76(108)38(5)118-62)59(30-47)120-57-17-14-44(28-51(57)87)71(105)69-84(116)96-67(82(114)93-64-45-23-40-22-41(25-45)26-46(64)24-40)50-31-48(100)32-55(102)63(50)49-27-42(12-15-54(49)101)65(80(112)98-69)95-81(66)113/h12-17,21,27-32,36,38-41,45-46,52-53,60,62,64-73,75-76,85,89-90,99-102,104-108H,9-11,18-20,22-26,33-35,88H2,1-8H3,(H,91,115)(H,93,114)(H,94,111)(H,95,113)(H,96,116)(H,97,110)(H,98,112)(H,92,103,109)/t38-,39?,40?,41?,45?,46?,52+,53-,60+,62-,64?,65+,66+,67-,68+,69-,70+,71+,72+,73-,75+,76+,85-,86-/m0/s1. The summed E-state index contributed by atoms with van der Waals surface area (Å²) in [5, 5.41) is 134. The van der Waals surface area contributed by atoms with E-state index in [0.29, 0.717) is 31.2 Å². The summed E-state index contributed by atoms with van der Waals surface area (Å²) in [5.74, 6) is -13.9. The number of aromatic hydroxyl groups is 3. The predicted octanol–water partition coefficient (Wildman–Crippen LogP) is 2.57.